The third-order valence-corrected chi connectivity index (χ3v) is 8.97. The van der Waals surface area contributed by atoms with Crippen molar-refractivity contribution in [3.63, 3.8) is 0 Å². The van der Waals surface area contributed by atoms with Gasteiger partial charge in [0.05, 0.1) is 12.2 Å². The number of aliphatic hydroxyl groups is 3. The summed E-state index contributed by atoms with van der Waals surface area (Å²) < 4.78 is 78.4. The molecule has 3 N–H and O–H groups in total. The van der Waals surface area contributed by atoms with E-state index in [1.807, 2.05) is 12.2 Å². The molecule has 4 aliphatic carbocycles. The Morgan fingerprint density at radius 1 is 1.05 bits per heavy atom. The zero-order chi connectivity index (χ0) is 27.4. The fourth-order valence-corrected chi connectivity index (χ4v) is 6.65. The van der Waals surface area contributed by atoms with Gasteiger partial charge in [-0.3, -0.25) is 0 Å². The molecule has 0 spiro atoms. The van der Waals surface area contributed by atoms with Crippen molar-refractivity contribution >= 4 is 0 Å². The van der Waals surface area contributed by atoms with Gasteiger partial charge < -0.3 is 15.3 Å². The Morgan fingerprint density at radius 3 is 2.30 bits per heavy atom. The third kappa shape index (κ3) is 4.99. The molecule has 0 aromatic rings. The van der Waals surface area contributed by atoms with E-state index in [9.17, 15) is 41.7 Å². The first kappa shape index (κ1) is 28.2. The Kier molecular flexibility index (Phi) is 7.17. The molecule has 0 bridgehead atoms. The molecule has 3 saturated carbocycles. The highest BCUT2D eigenvalue weighted by Gasteiger charge is 2.69. The number of aliphatic hydroxyl groups excluding tert-OH is 2. The van der Waals surface area contributed by atoms with Crippen LogP contribution in [0.1, 0.15) is 64.7 Å². The van der Waals surface area contributed by atoms with E-state index in [4.69, 9.17) is 0 Å². The van der Waals surface area contributed by atoms with Gasteiger partial charge in [-0.25, -0.2) is 0 Å². The number of hydrogen-bond donors (Lipinski definition) is 3. The summed E-state index contributed by atoms with van der Waals surface area (Å²) in [6, 6.07) is 0. The summed E-state index contributed by atoms with van der Waals surface area (Å²) in [6.45, 7) is 6.08. The number of hydrogen-bond acceptors (Lipinski definition) is 3. The average molecular weight is 533 g/mol. The van der Waals surface area contributed by atoms with E-state index in [0.717, 1.165) is 42.9 Å². The summed E-state index contributed by atoms with van der Waals surface area (Å²) in [4.78, 5) is 0. The molecule has 37 heavy (non-hydrogen) atoms. The van der Waals surface area contributed by atoms with Crippen LogP contribution < -0.4 is 0 Å². The molecule has 9 heteroatoms. The normalized spacial score (nSPS) is 34.8. The molecule has 0 aliphatic heterocycles. The summed E-state index contributed by atoms with van der Waals surface area (Å²) in [5, 5.41) is 29.6. The van der Waals surface area contributed by atoms with Gasteiger partial charge in [-0.1, -0.05) is 49.0 Å². The fraction of sp³-hybridized carbons (Fsp3) is 0.643. The maximum atomic E-state index is 13.1. The molecule has 1 unspecified atom stereocenters. The van der Waals surface area contributed by atoms with E-state index in [2.05, 4.69) is 19.6 Å². The summed E-state index contributed by atoms with van der Waals surface area (Å²) in [7, 11) is 0. The molecule has 3 nitrogen and oxygen atoms in total. The first-order valence-corrected chi connectivity index (χ1v) is 12.7. The van der Waals surface area contributed by atoms with E-state index in [0.29, 0.717) is 24.8 Å². The van der Waals surface area contributed by atoms with Crippen LogP contribution in [0.2, 0.25) is 0 Å². The second-order valence-electron chi connectivity index (χ2n) is 11.4. The van der Waals surface area contributed by atoms with Gasteiger partial charge in [0.15, 0.2) is 0 Å². The van der Waals surface area contributed by atoms with Crippen LogP contribution in [-0.4, -0.2) is 45.5 Å². The summed E-state index contributed by atoms with van der Waals surface area (Å²) in [5.74, 6) is 0.170. The second-order valence-corrected chi connectivity index (χ2v) is 11.4. The first-order valence-electron chi connectivity index (χ1n) is 12.7. The second kappa shape index (κ2) is 9.42. The average Bonchev–Trinajstić information content (AvgIpc) is 3.46. The van der Waals surface area contributed by atoms with E-state index >= 15 is 0 Å². The summed E-state index contributed by atoms with van der Waals surface area (Å²) in [5.41, 5.74) is -1.88. The van der Waals surface area contributed by atoms with E-state index in [1.165, 1.54) is 5.57 Å². The Balaban J connectivity index is 1.53. The van der Waals surface area contributed by atoms with Gasteiger partial charge in [-0.15, -0.1) is 0 Å². The molecular weight excluding hydrogens is 498 g/mol. The zero-order valence-electron chi connectivity index (χ0n) is 20.8. The Hall–Kier alpha value is -1.84. The van der Waals surface area contributed by atoms with Crippen molar-refractivity contribution in [3.05, 3.63) is 59.3 Å². The highest BCUT2D eigenvalue weighted by Crippen LogP contribution is 2.67. The van der Waals surface area contributed by atoms with E-state index in [-0.39, 0.29) is 30.3 Å². The van der Waals surface area contributed by atoms with Crippen molar-refractivity contribution in [2.45, 2.75) is 94.9 Å². The smallest absolute Gasteiger partial charge is 0.393 e. The highest BCUT2D eigenvalue weighted by atomic mass is 19.4. The molecule has 0 amide bonds. The lowest BCUT2D eigenvalue weighted by atomic mass is 9.61. The van der Waals surface area contributed by atoms with Gasteiger partial charge in [-0.2, -0.15) is 26.3 Å². The molecule has 0 saturated heterocycles. The Labute approximate surface area is 212 Å². The zero-order valence-corrected chi connectivity index (χ0v) is 20.8. The monoisotopic (exact) mass is 532 g/mol. The van der Waals surface area contributed by atoms with Gasteiger partial charge >= 0.3 is 12.4 Å². The molecule has 0 radical (unpaired) electrons. The van der Waals surface area contributed by atoms with Crippen molar-refractivity contribution in [1.29, 1.82) is 0 Å². The Bertz CT molecular complexity index is 1030. The minimum atomic E-state index is -5.87. The first-order chi connectivity index (χ1) is 17.0. The predicted molar refractivity (Wildman–Crippen MR) is 127 cm³/mol. The van der Waals surface area contributed by atoms with Gasteiger partial charge in [0.25, 0.3) is 5.60 Å². The lowest BCUT2D eigenvalue weighted by molar-refractivity contribution is -0.347. The van der Waals surface area contributed by atoms with Crippen LogP contribution in [-0.2, 0) is 0 Å². The maximum absolute atomic E-state index is 13.1. The van der Waals surface area contributed by atoms with Crippen LogP contribution in [0.25, 0.3) is 0 Å². The topological polar surface area (TPSA) is 60.7 Å². The van der Waals surface area contributed by atoms with Crippen LogP contribution in [0, 0.1) is 16.7 Å². The van der Waals surface area contributed by atoms with Gasteiger partial charge in [0.1, 0.15) is 0 Å². The SMILES string of the molecule is C=C1/C(=C\C=C2/CCC[C@]3(C)C(C4(C/C=C\C(O)(C(F)(F)F)C(F)(F)F)CC4)=CC[C@@H]23)CC(O)C[C@@H]1O. The molecule has 0 aromatic carbocycles. The van der Waals surface area contributed by atoms with E-state index in [1.54, 1.807) is 0 Å². The molecular formula is C28H34F6O3. The standard InChI is InChI=1S/C28H34F6O3/c1-17-19(15-20(35)16-22(17)36)7-6-18-5-3-10-24(2)21(18)8-9-23(24)25(13-14-25)11-4-12-26(37,27(29,30)31)28(32,33)34/h4,6-7,9,12,20-22,35-37H,1,3,5,8,10-11,13-16H2,2H3/b12-4-,18-6+,19-7-/t20?,21-,22-,24-/m0/s1. The van der Waals surface area contributed by atoms with E-state index < -0.39 is 35.6 Å². The molecule has 4 aliphatic rings. The van der Waals surface area contributed by atoms with Gasteiger partial charge in [-0.05, 0) is 85.3 Å². The lowest BCUT2D eigenvalue weighted by Crippen LogP contribution is -2.55. The van der Waals surface area contributed by atoms with Crippen molar-refractivity contribution < 1.29 is 41.7 Å². The number of halogens is 6. The number of fused-ring (bicyclic) bond motifs is 1. The van der Waals surface area contributed by atoms with Crippen LogP contribution >= 0.6 is 0 Å². The van der Waals surface area contributed by atoms with Crippen LogP contribution in [0.4, 0.5) is 26.3 Å². The van der Waals surface area contributed by atoms with Crippen LogP contribution in [0.15, 0.2) is 59.3 Å². The fourth-order valence-electron chi connectivity index (χ4n) is 6.65. The van der Waals surface area contributed by atoms with Crippen molar-refractivity contribution in [2.75, 3.05) is 0 Å². The quantitative estimate of drug-likeness (QED) is 0.275. The van der Waals surface area contributed by atoms with Gasteiger partial charge in [0, 0.05) is 6.42 Å². The largest absolute Gasteiger partial charge is 0.429 e. The molecule has 0 aromatic heterocycles. The molecule has 206 valence electrons. The summed E-state index contributed by atoms with van der Waals surface area (Å²) in [6.07, 6.45) is -0.907. The van der Waals surface area contributed by atoms with Crippen LogP contribution in [0.5, 0.6) is 0 Å². The van der Waals surface area contributed by atoms with Crippen LogP contribution in [0.3, 0.4) is 0 Å². The maximum Gasteiger partial charge on any atom is 0.429 e. The summed E-state index contributed by atoms with van der Waals surface area (Å²) >= 11 is 0. The predicted octanol–water partition coefficient (Wildman–Crippen LogP) is 6.63. The number of rotatable bonds is 5. The molecule has 3 fully saturated rings. The molecule has 4 atom stereocenters. The van der Waals surface area contributed by atoms with Gasteiger partial charge in [0.2, 0.25) is 0 Å². The number of alkyl halides is 6. The third-order valence-electron chi connectivity index (χ3n) is 8.97. The number of allylic oxidation sites excluding steroid dienone is 6. The van der Waals surface area contributed by atoms with Crippen molar-refractivity contribution in [3.8, 4) is 0 Å². The highest BCUT2D eigenvalue weighted by molar-refractivity contribution is 5.42. The van der Waals surface area contributed by atoms with Crippen molar-refractivity contribution in [2.24, 2.45) is 16.7 Å². The minimum Gasteiger partial charge on any atom is -0.393 e. The Morgan fingerprint density at radius 2 is 1.70 bits per heavy atom. The molecule has 4 rings (SSSR count). The minimum absolute atomic E-state index is 0.00825. The lowest BCUT2D eigenvalue weighted by Gasteiger charge is -2.43. The van der Waals surface area contributed by atoms with Crippen molar-refractivity contribution in [1.82, 2.24) is 0 Å². The molecule has 0 heterocycles.